The van der Waals surface area contributed by atoms with E-state index >= 15 is 0 Å². The third-order valence-corrected chi connectivity index (χ3v) is 10.9. The van der Waals surface area contributed by atoms with Gasteiger partial charge in [-0.2, -0.15) is 10.2 Å². The molecule has 5 nitrogen and oxygen atoms in total. The summed E-state index contributed by atoms with van der Waals surface area (Å²) in [7, 11) is 0. The summed E-state index contributed by atoms with van der Waals surface area (Å²) in [4.78, 5) is 5.00. The second-order valence-electron chi connectivity index (χ2n) is 12.4. The first kappa shape index (κ1) is 19.1. The minimum absolute atomic E-state index is 0.167. The highest BCUT2D eigenvalue weighted by Crippen LogP contribution is 2.68. The first-order chi connectivity index (χ1) is 15.1. The molecule has 3 aromatic heterocycles. The molecule has 2 fully saturated rings. The number of fused-ring (bicyclic) bond motifs is 10. The lowest BCUT2D eigenvalue weighted by atomic mass is 9.70. The number of rotatable bonds is 2. The van der Waals surface area contributed by atoms with E-state index < -0.39 is 0 Å². The molecule has 4 aliphatic rings. The lowest BCUT2D eigenvalue weighted by Gasteiger charge is -2.34. The summed E-state index contributed by atoms with van der Waals surface area (Å²) in [6.07, 6.45) is 9.49. The maximum absolute atomic E-state index is 5.08. The second-order valence-corrected chi connectivity index (χ2v) is 12.4. The average Bonchev–Trinajstić information content (AvgIpc) is 3.52. The topological polar surface area (TPSA) is 48.5 Å². The first-order valence-corrected chi connectivity index (χ1v) is 12.3. The van der Waals surface area contributed by atoms with Crippen LogP contribution in [0.4, 0.5) is 0 Å². The Morgan fingerprint density at radius 1 is 0.719 bits per heavy atom. The first-order valence-electron chi connectivity index (χ1n) is 12.3. The number of nitrogens with zero attached hydrogens (tertiary/aromatic N) is 5. The number of hydrogen-bond donors (Lipinski definition) is 0. The molecule has 32 heavy (non-hydrogen) atoms. The Labute approximate surface area is 190 Å². The van der Waals surface area contributed by atoms with Gasteiger partial charge in [0.25, 0.3) is 0 Å². The fourth-order valence-electron chi connectivity index (χ4n) is 7.98. The summed E-state index contributed by atoms with van der Waals surface area (Å²) in [5, 5.41) is 10.2. The van der Waals surface area contributed by atoms with Crippen LogP contribution in [0.25, 0.3) is 11.6 Å². The summed E-state index contributed by atoms with van der Waals surface area (Å²) in [5.74, 6) is 2.96. The highest BCUT2D eigenvalue weighted by Gasteiger charge is 2.62. The van der Waals surface area contributed by atoms with Crippen molar-refractivity contribution >= 4 is 0 Å². The number of aromatic nitrogens is 5. The highest BCUT2D eigenvalue weighted by atomic mass is 15.4. The van der Waals surface area contributed by atoms with Gasteiger partial charge >= 0.3 is 0 Å². The van der Waals surface area contributed by atoms with E-state index in [4.69, 9.17) is 15.2 Å². The van der Waals surface area contributed by atoms with E-state index in [1.807, 2.05) is 9.36 Å². The molecule has 0 radical (unpaired) electrons. The molecule has 4 atom stereocenters. The van der Waals surface area contributed by atoms with Crippen LogP contribution in [0, 0.1) is 10.8 Å². The van der Waals surface area contributed by atoms with Crippen molar-refractivity contribution in [3.05, 3.63) is 53.1 Å². The standard InChI is InChI=1S/C27H33N5/c1-24(2)18-10-12-26(24,5)22-16(18)14-31(29-22)20-8-7-9-21(28-20)32-15-17-19-11-13-27(6,23(17)30-32)25(19,3)4/h7-9,14-15,18-19H,10-13H2,1-6H3/t18-,19-,26+,27+/m1/s1. The van der Waals surface area contributed by atoms with Crippen LogP contribution < -0.4 is 0 Å². The summed E-state index contributed by atoms with van der Waals surface area (Å²) in [5.41, 5.74) is 6.35. The molecular formula is C27H33N5. The van der Waals surface area contributed by atoms with Crippen molar-refractivity contribution in [3.8, 4) is 11.6 Å². The highest BCUT2D eigenvalue weighted by molar-refractivity contribution is 5.47. The van der Waals surface area contributed by atoms with Crippen molar-refractivity contribution in [1.29, 1.82) is 0 Å². The van der Waals surface area contributed by atoms with E-state index in [1.165, 1.54) is 48.2 Å². The molecule has 0 unspecified atom stereocenters. The zero-order valence-electron chi connectivity index (χ0n) is 20.1. The fraction of sp³-hybridized carbons (Fsp3) is 0.593. The summed E-state index contributed by atoms with van der Waals surface area (Å²) >= 11 is 0. The van der Waals surface area contributed by atoms with Gasteiger partial charge in [0.15, 0.2) is 11.6 Å². The number of pyridine rings is 1. The monoisotopic (exact) mass is 427 g/mol. The minimum Gasteiger partial charge on any atom is -0.222 e. The smallest absolute Gasteiger partial charge is 0.155 e. The van der Waals surface area contributed by atoms with Gasteiger partial charge in [0.05, 0.1) is 11.4 Å². The Hall–Kier alpha value is -2.43. The van der Waals surface area contributed by atoms with Crippen LogP contribution in [0.15, 0.2) is 30.6 Å². The van der Waals surface area contributed by atoms with Gasteiger partial charge in [-0.1, -0.05) is 47.6 Å². The summed E-state index contributed by atoms with van der Waals surface area (Å²) in [6, 6.07) is 6.20. The Bertz CT molecular complexity index is 1200. The second kappa shape index (κ2) is 5.37. The molecule has 0 saturated heterocycles. The molecule has 3 aromatic rings. The van der Waals surface area contributed by atoms with Crippen LogP contribution in [-0.2, 0) is 10.8 Å². The zero-order chi connectivity index (χ0) is 22.3. The Balaban J connectivity index is 1.28. The molecule has 4 aliphatic carbocycles. The van der Waals surface area contributed by atoms with Crippen LogP contribution in [0.1, 0.15) is 102 Å². The van der Waals surface area contributed by atoms with Gasteiger partial charge in [0.1, 0.15) is 0 Å². The van der Waals surface area contributed by atoms with Gasteiger partial charge in [-0.3, -0.25) is 0 Å². The van der Waals surface area contributed by atoms with Crippen molar-refractivity contribution in [2.24, 2.45) is 10.8 Å². The SMILES string of the molecule is CC1(C)[C@@H]2CC[C@@]1(C)c1nn(-c3cccc(-n4cc5c(n4)[C@]4(C)CC[C@H]5C4(C)C)n3)cc12. The van der Waals surface area contributed by atoms with Crippen molar-refractivity contribution in [2.45, 2.75) is 89.9 Å². The average molecular weight is 428 g/mol. The zero-order valence-corrected chi connectivity index (χ0v) is 20.1. The molecule has 5 heteroatoms. The normalized spacial score (nSPS) is 34.8. The van der Waals surface area contributed by atoms with Crippen LogP contribution in [0.5, 0.6) is 0 Å². The molecule has 3 heterocycles. The third-order valence-electron chi connectivity index (χ3n) is 10.9. The molecule has 0 aromatic carbocycles. The molecule has 0 aliphatic heterocycles. The predicted octanol–water partition coefficient (Wildman–Crippen LogP) is 5.80. The van der Waals surface area contributed by atoms with E-state index in [0.29, 0.717) is 11.8 Å². The molecule has 166 valence electrons. The molecule has 0 N–H and O–H groups in total. The van der Waals surface area contributed by atoms with Crippen molar-refractivity contribution in [2.75, 3.05) is 0 Å². The lowest BCUT2D eigenvalue weighted by Crippen LogP contribution is -2.32. The van der Waals surface area contributed by atoms with Gasteiger partial charge < -0.3 is 0 Å². The Kier molecular flexibility index (Phi) is 3.20. The van der Waals surface area contributed by atoms with Crippen LogP contribution >= 0.6 is 0 Å². The predicted molar refractivity (Wildman–Crippen MR) is 125 cm³/mol. The molecule has 4 bridgehead atoms. The maximum Gasteiger partial charge on any atom is 0.155 e. The summed E-state index contributed by atoms with van der Waals surface area (Å²) in [6.45, 7) is 14.5. The number of hydrogen-bond acceptors (Lipinski definition) is 3. The van der Waals surface area contributed by atoms with Crippen molar-refractivity contribution < 1.29 is 0 Å². The fourth-order valence-corrected chi connectivity index (χ4v) is 7.98. The Morgan fingerprint density at radius 2 is 1.16 bits per heavy atom. The molecule has 0 amide bonds. The molecule has 0 spiro atoms. The van der Waals surface area contributed by atoms with E-state index in [9.17, 15) is 0 Å². The lowest BCUT2D eigenvalue weighted by molar-refractivity contribution is 0.224. The van der Waals surface area contributed by atoms with Gasteiger partial charge in [-0.15, -0.1) is 0 Å². The molecule has 7 rings (SSSR count). The van der Waals surface area contributed by atoms with Gasteiger partial charge in [0.2, 0.25) is 0 Å². The summed E-state index contributed by atoms with van der Waals surface area (Å²) < 4.78 is 4.01. The third kappa shape index (κ3) is 1.89. The molecule has 2 saturated carbocycles. The van der Waals surface area contributed by atoms with E-state index in [1.54, 1.807) is 0 Å². The van der Waals surface area contributed by atoms with Crippen LogP contribution in [-0.4, -0.2) is 24.5 Å². The van der Waals surface area contributed by atoms with E-state index in [-0.39, 0.29) is 21.7 Å². The van der Waals surface area contributed by atoms with E-state index in [0.717, 1.165) is 11.6 Å². The maximum atomic E-state index is 5.08. The van der Waals surface area contributed by atoms with Crippen molar-refractivity contribution in [1.82, 2.24) is 24.5 Å². The largest absolute Gasteiger partial charge is 0.222 e. The van der Waals surface area contributed by atoms with Gasteiger partial charge in [-0.25, -0.2) is 14.3 Å². The van der Waals surface area contributed by atoms with Crippen molar-refractivity contribution in [3.63, 3.8) is 0 Å². The van der Waals surface area contributed by atoms with Crippen LogP contribution in [0.3, 0.4) is 0 Å². The minimum atomic E-state index is 0.167. The quantitative estimate of drug-likeness (QED) is 0.519. The molecular weight excluding hydrogens is 394 g/mol. The van der Waals surface area contributed by atoms with E-state index in [2.05, 4.69) is 72.1 Å². The van der Waals surface area contributed by atoms with Gasteiger partial charge in [0, 0.05) is 23.2 Å². The van der Waals surface area contributed by atoms with Gasteiger partial charge in [-0.05, 0) is 71.6 Å². The Morgan fingerprint density at radius 3 is 1.56 bits per heavy atom. The van der Waals surface area contributed by atoms with Crippen LogP contribution in [0.2, 0.25) is 0 Å².